The Kier molecular flexibility index (Phi) is 12.2. The summed E-state index contributed by atoms with van der Waals surface area (Å²) >= 11 is 0. The average molecular weight is 488 g/mol. The summed E-state index contributed by atoms with van der Waals surface area (Å²) < 4.78 is 0. The van der Waals surface area contributed by atoms with Gasteiger partial charge in [0.25, 0.3) is 0 Å². The van der Waals surface area contributed by atoms with Crippen molar-refractivity contribution in [3.63, 3.8) is 0 Å². The van der Waals surface area contributed by atoms with Crippen molar-refractivity contribution in [2.75, 3.05) is 39.3 Å². The highest BCUT2D eigenvalue weighted by molar-refractivity contribution is 5.79. The summed E-state index contributed by atoms with van der Waals surface area (Å²) in [5.74, 6) is 3.95. The van der Waals surface area contributed by atoms with Gasteiger partial charge in [-0.25, -0.2) is 0 Å². The first-order valence-corrected chi connectivity index (χ1v) is 16.0. The zero-order valence-electron chi connectivity index (χ0n) is 22.9. The Hall–Kier alpha value is -0.610. The van der Waals surface area contributed by atoms with Gasteiger partial charge >= 0.3 is 0 Å². The van der Waals surface area contributed by atoms with E-state index in [1.807, 2.05) is 0 Å². The van der Waals surface area contributed by atoms with Gasteiger partial charge in [0.1, 0.15) is 0 Å². The number of amides is 1. The van der Waals surface area contributed by atoms with Crippen molar-refractivity contribution in [2.45, 2.75) is 122 Å². The van der Waals surface area contributed by atoms with Crippen LogP contribution in [0.4, 0.5) is 0 Å². The van der Waals surface area contributed by atoms with E-state index >= 15 is 0 Å². The number of carbonyl (C=O) groups excluding carboxylic acids is 1. The lowest BCUT2D eigenvalue weighted by molar-refractivity contribution is -0.142. The molecule has 202 valence electrons. The maximum absolute atomic E-state index is 13.8. The van der Waals surface area contributed by atoms with Gasteiger partial charge in [-0.2, -0.15) is 0 Å². The minimum Gasteiger partial charge on any atom is -0.342 e. The lowest BCUT2D eigenvalue weighted by Crippen LogP contribution is -2.47. The van der Waals surface area contributed by atoms with Gasteiger partial charge in [0.05, 0.1) is 0 Å². The molecule has 4 fully saturated rings. The van der Waals surface area contributed by atoms with E-state index < -0.39 is 0 Å². The van der Waals surface area contributed by atoms with E-state index in [4.69, 9.17) is 0 Å². The third-order valence-corrected chi connectivity index (χ3v) is 10.1. The van der Waals surface area contributed by atoms with Crippen LogP contribution in [0.1, 0.15) is 122 Å². The second kappa shape index (κ2) is 15.6. The van der Waals surface area contributed by atoms with E-state index in [1.54, 1.807) is 0 Å². The normalized spacial score (nSPS) is 24.3. The van der Waals surface area contributed by atoms with Crippen LogP contribution in [0.5, 0.6) is 0 Å². The molecule has 2 N–H and O–H groups in total. The average Bonchev–Trinajstić information content (AvgIpc) is 2.92. The van der Waals surface area contributed by atoms with Crippen molar-refractivity contribution in [2.24, 2.45) is 29.6 Å². The molecule has 4 rings (SSSR count). The molecule has 35 heavy (non-hydrogen) atoms. The molecule has 0 aromatic rings. The third kappa shape index (κ3) is 9.02. The van der Waals surface area contributed by atoms with Crippen LogP contribution >= 0.6 is 0 Å². The standard InChI is InChI=1S/C31H57N3O/c35-31(30(28-14-6-2-7-15-28)29-16-8-3-9-17-29)34-22-18-27(19-23-34)25-33-21-11-10-20-32-24-26-12-4-1-5-13-26/h26-30,32-33H,1-25H2. The van der Waals surface area contributed by atoms with Gasteiger partial charge in [-0.15, -0.1) is 0 Å². The molecular weight excluding hydrogens is 430 g/mol. The van der Waals surface area contributed by atoms with Gasteiger partial charge < -0.3 is 15.5 Å². The summed E-state index contributed by atoms with van der Waals surface area (Å²) in [7, 11) is 0. The predicted molar refractivity (Wildman–Crippen MR) is 147 cm³/mol. The van der Waals surface area contributed by atoms with Gasteiger partial charge in [-0.05, 0) is 114 Å². The minimum absolute atomic E-state index is 0.344. The fourth-order valence-corrected chi connectivity index (χ4v) is 7.85. The van der Waals surface area contributed by atoms with Crippen molar-refractivity contribution < 1.29 is 4.79 Å². The number of carbonyl (C=O) groups is 1. The molecule has 4 nitrogen and oxygen atoms in total. The second-order valence-electron chi connectivity index (χ2n) is 12.7. The number of unbranched alkanes of at least 4 members (excludes halogenated alkanes) is 1. The van der Waals surface area contributed by atoms with Crippen LogP contribution in [0.15, 0.2) is 0 Å². The first-order chi connectivity index (χ1) is 17.3. The molecule has 4 heteroatoms. The fourth-order valence-electron chi connectivity index (χ4n) is 7.85. The smallest absolute Gasteiger partial charge is 0.226 e. The molecule has 3 saturated carbocycles. The summed E-state index contributed by atoms with van der Waals surface area (Å²) in [5.41, 5.74) is 0. The maximum Gasteiger partial charge on any atom is 0.226 e. The molecule has 3 aliphatic carbocycles. The van der Waals surface area contributed by atoms with Crippen LogP contribution in [0.25, 0.3) is 0 Å². The van der Waals surface area contributed by atoms with E-state index in [9.17, 15) is 4.79 Å². The molecular formula is C31H57N3O. The Balaban J connectivity index is 1.09. The number of hydrogen-bond donors (Lipinski definition) is 2. The van der Waals surface area contributed by atoms with Crippen LogP contribution in [-0.2, 0) is 4.79 Å². The monoisotopic (exact) mass is 487 g/mol. The van der Waals surface area contributed by atoms with Crippen LogP contribution in [0.2, 0.25) is 0 Å². The number of nitrogens with one attached hydrogen (secondary N) is 2. The Morgan fingerprint density at radius 1 is 0.600 bits per heavy atom. The van der Waals surface area contributed by atoms with Crippen molar-refractivity contribution in [1.29, 1.82) is 0 Å². The van der Waals surface area contributed by atoms with Crippen molar-refractivity contribution in [1.82, 2.24) is 15.5 Å². The summed E-state index contributed by atoms with van der Waals surface area (Å²) in [6.07, 6.45) is 25.6. The first kappa shape index (κ1) is 27.4. The molecule has 1 amide bonds. The minimum atomic E-state index is 0.344. The molecule has 0 unspecified atom stereocenters. The quantitative estimate of drug-likeness (QED) is 0.307. The highest BCUT2D eigenvalue weighted by Gasteiger charge is 2.39. The van der Waals surface area contributed by atoms with Gasteiger partial charge in [0, 0.05) is 19.0 Å². The van der Waals surface area contributed by atoms with Gasteiger partial charge in [-0.1, -0.05) is 57.8 Å². The maximum atomic E-state index is 13.8. The van der Waals surface area contributed by atoms with Crippen LogP contribution in [-0.4, -0.2) is 50.1 Å². The second-order valence-corrected chi connectivity index (χ2v) is 12.7. The zero-order chi connectivity index (χ0) is 24.1. The van der Waals surface area contributed by atoms with Crippen LogP contribution in [0.3, 0.4) is 0 Å². The molecule has 1 saturated heterocycles. The van der Waals surface area contributed by atoms with Gasteiger partial charge in [-0.3, -0.25) is 4.79 Å². The Bertz CT molecular complexity index is 552. The molecule has 0 aromatic heterocycles. The molecule has 0 bridgehead atoms. The Morgan fingerprint density at radius 2 is 1.03 bits per heavy atom. The zero-order valence-corrected chi connectivity index (χ0v) is 22.9. The molecule has 4 aliphatic rings. The van der Waals surface area contributed by atoms with Crippen molar-refractivity contribution in [3.05, 3.63) is 0 Å². The van der Waals surface area contributed by atoms with Crippen LogP contribution in [0, 0.1) is 29.6 Å². The molecule has 1 heterocycles. The number of rotatable bonds is 12. The molecule has 0 spiro atoms. The topological polar surface area (TPSA) is 44.4 Å². The van der Waals surface area contributed by atoms with E-state index in [1.165, 1.54) is 135 Å². The SMILES string of the molecule is O=C(C(C1CCCCC1)C1CCCCC1)N1CCC(CNCCCCNCC2CCCCC2)CC1. The molecule has 0 aromatic carbocycles. The third-order valence-electron chi connectivity index (χ3n) is 10.1. The fraction of sp³-hybridized carbons (Fsp3) is 0.968. The van der Waals surface area contributed by atoms with E-state index in [2.05, 4.69) is 15.5 Å². The number of likely N-dealkylation sites (tertiary alicyclic amines) is 1. The van der Waals surface area contributed by atoms with Gasteiger partial charge in [0.15, 0.2) is 0 Å². The number of nitrogens with zero attached hydrogens (tertiary/aromatic N) is 1. The molecule has 0 atom stereocenters. The Labute approximate surface area is 217 Å². The van der Waals surface area contributed by atoms with Crippen molar-refractivity contribution >= 4 is 5.91 Å². The predicted octanol–water partition coefficient (Wildman–Crippen LogP) is 6.54. The number of hydrogen-bond acceptors (Lipinski definition) is 3. The highest BCUT2D eigenvalue weighted by atomic mass is 16.2. The summed E-state index contributed by atoms with van der Waals surface area (Å²) in [6, 6.07) is 0. The Morgan fingerprint density at radius 3 is 1.51 bits per heavy atom. The largest absolute Gasteiger partial charge is 0.342 e. The molecule has 0 radical (unpaired) electrons. The first-order valence-electron chi connectivity index (χ1n) is 16.0. The summed E-state index contributed by atoms with van der Waals surface area (Å²) in [6.45, 7) is 6.73. The van der Waals surface area contributed by atoms with Crippen molar-refractivity contribution in [3.8, 4) is 0 Å². The highest BCUT2D eigenvalue weighted by Crippen LogP contribution is 2.41. The van der Waals surface area contributed by atoms with E-state index in [0.717, 1.165) is 38.0 Å². The van der Waals surface area contributed by atoms with Crippen LogP contribution < -0.4 is 10.6 Å². The lowest BCUT2D eigenvalue weighted by Gasteiger charge is -2.41. The van der Waals surface area contributed by atoms with E-state index in [-0.39, 0.29) is 0 Å². The van der Waals surface area contributed by atoms with Gasteiger partial charge in [0.2, 0.25) is 5.91 Å². The summed E-state index contributed by atoms with van der Waals surface area (Å²) in [4.78, 5) is 16.1. The summed E-state index contributed by atoms with van der Waals surface area (Å²) in [5, 5.41) is 7.44. The van der Waals surface area contributed by atoms with E-state index in [0.29, 0.717) is 23.7 Å². The number of piperidine rings is 1. The lowest BCUT2D eigenvalue weighted by atomic mass is 9.69. The molecule has 1 aliphatic heterocycles.